The van der Waals surface area contributed by atoms with Crippen molar-refractivity contribution in [3.63, 3.8) is 0 Å². The number of hydrogen-bond donors (Lipinski definition) is 1. The van der Waals surface area contributed by atoms with Gasteiger partial charge < -0.3 is 19.5 Å². The minimum atomic E-state index is -0.0601. The fourth-order valence-electron chi connectivity index (χ4n) is 4.02. The molecule has 2 amide bonds. The molecule has 2 aliphatic rings. The summed E-state index contributed by atoms with van der Waals surface area (Å²) in [5.74, 6) is 2.43. The van der Waals surface area contributed by atoms with E-state index >= 15 is 0 Å². The highest BCUT2D eigenvalue weighted by Crippen LogP contribution is 2.21. The van der Waals surface area contributed by atoms with Crippen LogP contribution in [0.1, 0.15) is 28.8 Å². The van der Waals surface area contributed by atoms with Crippen LogP contribution in [-0.2, 0) is 11.2 Å². The van der Waals surface area contributed by atoms with Gasteiger partial charge in [-0.3, -0.25) is 9.59 Å². The molecule has 0 spiro atoms. The van der Waals surface area contributed by atoms with Crippen molar-refractivity contribution >= 4 is 29.3 Å². The van der Waals surface area contributed by atoms with Crippen LogP contribution in [-0.4, -0.2) is 65.8 Å². The number of piperidine rings is 1. The van der Waals surface area contributed by atoms with Gasteiger partial charge in [-0.25, -0.2) is 0 Å². The zero-order valence-electron chi connectivity index (χ0n) is 17.2. The Morgan fingerprint density at radius 2 is 1.77 bits per heavy atom. The Bertz CT molecular complexity index is 824. The number of nitrogens with zero attached hydrogens (tertiary/aromatic N) is 2. The zero-order chi connectivity index (χ0) is 20.8. The normalized spacial score (nSPS) is 18.3. The van der Waals surface area contributed by atoms with Crippen molar-refractivity contribution in [3.05, 3.63) is 54.0 Å². The summed E-state index contributed by atoms with van der Waals surface area (Å²) < 4.78 is 4.99. The van der Waals surface area contributed by atoms with Crippen molar-refractivity contribution in [1.82, 2.24) is 9.80 Å². The minimum absolute atomic E-state index is 0.0264. The first-order valence-corrected chi connectivity index (χ1v) is 11.9. The maximum absolute atomic E-state index is 12.7. The van der Waals surface area contributed by atoms with Gasteiger partial charge in [-0.1, -0.05) is 12.1 Å². The molecule has 3 heterocycles. The summed E-state index contributed by atoms with van der Waals surface area (Å²) in [6.45, 7) is 4.66. The van der Waals surface area contributed by atoms with E-state index in [1.807, 2.05) is 23.9 Å². The van der Waals surface area contributed by atoms with E-state index in [9.17, 15) is 9.59 Å². The van der Waals surface area contributed by atoms with Crippen molar-refractivity contribution in [3.8, 4) is 0 Å². The lowest BCUT2D eigenvalue weighted by molar-refractivity contribution is -0.121. The van der Waals surface area contributed by atoms with Crippen LogP contribution in [0.3, 0.4) is 0 Å². The molecular formula is C23H29N3O3S. The van der Waals surface area contributed by atoms with Gasteiger partial charge in [-0.2, -0.15) is 11.8 Å². The third-order valence-corrected chi connectivity index (χ3v) is 6.91. The highest BCUT2D eigenvalue weighted by Gasteiger charge is 2.28. The minimum Gasteiger partial charge on any atom is -0.472 e. The molecule has 0 bridgehead atoms. The van der Waals surface area contributed by atoms with E-state index in [0.29, 0.717) is 31.5 Å². The molecule has 6 nitrogen and oxygen atoms in total. The summed E-state index contributed by atoms with van der Waals surface area (Å²) in [6.07, 6.45) is 5.38. The van der Waals surface area contributed by atoms with Gasteiger partial charge in [-0.15, -0.1) is 0 Å². The zero-order valence-corrected chi connectivity index (χ0v) is 18.0. The Kier molecular flexibility index (Phi) is 7.12. The Morgan fingerprint density at radius 1 is 1.03 bits per heavy atom. The average Bonchev–Trinajstić information content (AvgIpc) is 3.34. The maximum Gasteiger partial charge on any atom is 0.257 e. The smallest absolute Gasteiger partial charge is 0.257 e. The van der Waals surface area contributed by atoms with Gasteiger partial charge in [-0.05, 0) is 43.0 Å². The summed E-state index contributed by atoms with van der Waals surface area (Å²) in [7, 11) is 0. The number of nitrogens with one attached hydrogen (secondary N) is 1. The summed E-state index contributed by atoms with van der Waals surface area (Å²) in [6, 6.07) is 9.89. The van der Waals surface area contributed by atoms with Crippen molar-refractivity contribution < 1.29 is 14.0 Å². The second-order valence-corrected chi connectivity index (χ2v) is 9.19. The highest BCUT2D eigenvalue weighted by molar-refractivity contribution is 7.99. The standard InChI is InChI=1S/C23H29N3O3S/c27-22(19-6-10-26(11-7-19)23(28)20-8-14-29-17-20)24-21-3-1-18(2-4-21)5-9-25-12-15-30-16-13-25/h1-4,8,14,17,19H,5-7,9-13,15-16H2,(H,24,27). The number of hydrogen-bond acceptors (Lipinski definition) is 5. The van der Waals surface area contributed by atoms with Crippen LogP contribution in [0.15, 0.2) is 47.3 Å². The lowest BCUT2D eigenvalue weighted by atomic mass is 9.95. The van der Waals surface area contributed by atoms with Crippen molar-refractivity contribution in [2.75, 3.05) is 49.5 Å². The predicted molar refractivity (Wildman–Crippen MR) is 120 cm³/mol. The number of benzene rings is 1. The molecule has 7 heteroatoms. The Morgan fingerprint density at radius 3 is 2.43 bits per heavy atom. The molecule has 1 aromatic heterocycles. The predicted octanol–water partition coefficient (Wildman–Crippen LogP) is 3.36. The fourth-order valence-corrected chi connectivity index (χ4v) is 5.00. The van der Waals surface area contributed by atoms with Gasteiger partial charge >= 0.3 is 0 Å². The van der Waals surface area contributed by atoms with E-state index in [2.05, 4.69) is 22.3 Å². The molecule has 2 fully saturated rings. The SMILES string of the molecule is O=C(Nc1ccc(CCN2CCSCC2)cc1)C1CCN(C(=O)c2ccoc2)CC1. The highest BCUT2D eigenvalue weighted by atomic mass is 32.2. The second kappa shape index (κ2) is 10.2. The first kappa shape index (κ1) is 21.0. The first-order valence-electron chi connectivity index (χ1n) is 10.7. The van der Waals surface area contributed by atoms with E-state index in [4.69, 9.17) is 4.42 Å². The number of likely N-dealkylation sites (tertiary alicyclic amines) is 1. The van der Waals surface area contributed by atoms with Gasteiger partial charge in [0.1, 0.15) is 6.26 Å². The first-order chi connectivity index (χ1) is 14.7. The van der Waals surface area contributed by atoms with Gasteiger partial charge in [0.05, 0.1) is 11.8 Å². The van der Waals surface area contributed by atoms with Crippen LogP contribution in [0.25, 0.3) is 0 Å². The van der Waals surface area contributed by atoms with E-state index < -0.39 is 0 Å². The molecule has 4 rings (SSSR count). The molecule has 0 saturated carbocycles. The number of anilines is 1. The number of rotatable bonds is 6. The molecule has 2 saturated heterocycles. The number of carbonyl (C=O) groups excluding carboxylic acids is 2. The lowest BCUT2D eigenvalue weighted by Crippen LogP contribution is -2.41. The van der Waals surface area contributed by atoms with Gasteiger partial charge in [0.15, 0.2) is 0 Å². The number of amides is 2. The Balaban J connectivity index is 1.21. The largest absolute Gasteiger partial charge is 0.472 e. The fraction of sp³-hybridized carbons (Fsp3) is 0.478. The molecule has 160 valence electrons. The van der Waals surface area contributed by atoms with Crippen LogP contribution in [0.4, 0.5) is 5.69 Å². The molecule has 1 N–H and O–H groups in total. The number of thioether (sulfide) groups is 1. The maximum atomic E-state index is 12.7. The topological polar surface area (TPSA) is 65.8 Å². The van der Waals surface area contributed by atoms with Crippen LogP contribution in [0.2, 0.25) is 0 Å². The second-order valence-electron chi connectivity index (χ2n) is 7.97. The van der Waals surface area contributed by atoms with Crippen LogP contribution in [0.5, 0.6) is 0 Å². The Hall–Kier alpha value is -2.25. The van der Waals surface area contributed by atoms with Crippen molar-refractivity contribution in [2.24, 2.45) is 5.92 Å². The molecule has 0 unspecified atom stereocenters. The monoisotopic (exact) mass is 427 g/mol. The molecule has 2 aliphatic heterocycles. The van der Waals surface area contributed by atoms with E-state index in [1.165, 1.54) is 42.7 Å². The molecule has 30 heavy (non-hydrogen) atoms. The molecule has 0 atom stereocenters. The van der Waals surface area contributed by atoms with Crippen LogP contribution >= 0.6 is 11.8 Å². The van der Waals surface area contributed by atoms with Crippen molar-refractivity contribution in [2.45, 2.75) is 19.3 Å². The summed E-state index contributed by atoms with van der Waals surface area (Å²) in [5.41, 5.74) is 2.71. The van der Waals surface area contributed by atoms with Gasteiger partial charge in [0.2, 0.25) is 5.91 Å². The third-order valence-electron chi connectivity index (χ3n) is 5.96. The summed E-state index contributed by atoms with van der Waals surface area (Å²) >= 11 is 2.04. The van der Waals surface area contributed by atoms with Crippen LogP contribution in [0, 0.1) is 5.92 Å². The molecular weight excluding hydrogens is 398 g/mol. The Labute approximate surface area is 182 Å². The summed E-state index contributed by atoms with van der Waals surface area (Å²) in [5, 5.41) is 3.05. The van der Waals surface area contributed by atoms with Gasteiger partial charge in [0.25, 0.3) is 5.91 Å². The molecule has 0 aliphatic carbocycles. The third kappa shape index (κ3) is 5.46. The van der Waals surface area contributed by atoms with E-state index in [0.717, 1.165) is 18.7 Å². The van der Waals surface area contributed by atoms with Gasteiger partial charge in [0, 0.05) is 55.8 Å². The molecule has 1 aromatic carbocycles. The number of furan rings is 1. The van der Waals surface area contributed by atoms with E-state index in [1.54, 1.807) is 11.0 Å². The van der Waals surface area contributed by atoms with Crippen molar-refractivity contribution in [1.29, 1.82) is 0 Å². The summed E-state index contributed by atoms with van der Waals surface area (Å²) in [4.78, 5) is 29.3. The van der Waals surface area contributed by atoms with Crippen LogP contribution < -0.4 is 5.32 Å². The molecule has 0 radical (unpaired) electrons. The molecule has 2 aromatic rings. The quantitative estimate of drug-likeness (QED) is 0.766. The lowest BCUT2D eigenvalue weighted by Gasteiger charge is -2.31. The van der Waals surface area contributed by atoms with E-state index in [-0.39, 0.29) is 17.7 Å². The number of carbonyl (C=O) groups is 2. The average molecular weight is 428 g/mol.